The molecular weight excluding hydrogens is 435 g/mol. The van der Waals surface area contributed by atoms with Crippen LogP contribution in [0.2, 0.25) is 0 Å². The average molecular weight is 467 g/mol. The molecule has 0 bridgehead atoms. The summed E-state index contributed by atoms with van der Waals surface area (Å²) in [4.78, 5) is 12.4. The molecule has 0 heterocycles. The van der Waals surface area contributed by atoms with Crippen molar-refractivity contribution in [1.29, 1.82) is 0 Å². The van der Waals surface area contributed by atoms with E-state index in [9.17, 15) is 17.6 Å². The number of carbonyl (C=O) groups is 1. The minimum atomic E-state index is -3.73. The topological polar surface area (TPSA) is 84.9 Å². The van der Waals surface area contributed by atoms with Crippen LogP contribution in [0.4, 0.5) is 4.39 Å². The van der Waals surface area contributed by atoms with E-state index in [1.54, 1.807) is 0 Å². The van der Waals surface area contributed by atoms with E-state index in [0.717, 1.165) is 22.0 Å². The summed E-state index contributed by atoms with van der Waals surface area (Å²) < 4.78 is 50.4. The predicted molar refractivity (Wildman–Crippen MR) is 121 cm³/mol. The lowest BCUT2D eigenvalue weighted by Crippen LogP contribution is -2.30. The second-order valence-electron chi connectivity index (χ2n) is 7.25. The fraction of sp³-hybridized carbons (Fsp3) is 0.435. The van der Waals surface area contributed by atoms with Gasteiger partial charge in [0.25, 0.3) is 0 Å². The van der Waals surface area contributed by atoms with Crippen molar-refractivity contribution in [1.82, 2.24) is 9.62 Å². The number of sulfonamides is 1. The van der Waals surface area contributed by atoms with E-state index in [1.807, 2.05) is 39.0 Å². The summed E-state index contributed by atoms with van der Waals surface area (Å²) in [7, 11) is -2.29. The van der Waals surface area contributed by atoms with Gasteiger partial charge in [-0.15, -0.1) is 0 Å². The first-order valence-electron chi connectivity index (χ1n) is 10.6. The minimum Gasteiger partial charge on any atom is -0.490 e. The third-order valence-corrected chi connectivity index (χ3v) is 6.71. The molecule has 7 nitrogen and oxygen atoms in total. The summed E-state index contributed by atoms with van der Waals surface area (Å²) in [6.45, 7) is 6.85. The first-order valence-corrected chi connectivity index (χ1v) is 12.0. The Morgan fingerprint density at radius 3 is 2.31 bits per heavy atom. The minimum absolute atomic E-state index is 0.0140. The van der Waals surface area contributed by atoms with E-state index in [4.69, 9.17) is 9.47 Å². The lowest BCUT2D eigenvalue weighted by molar-refractivity contribution is -0.121. The lowest BCUT2D eigenvalue weighted by atomic mass is 10.1. The standard InChI is InChI=1S/C23H31FN2O5S/c1-5-30-21-14-9-18(16-22(21)31-6-2)17(3)25-23(27)8-7-15-26(4)32(28,29)20-12-10-19(24)11-13-20/h9-14,16-17H,5-8,15H2,1-4H3,(H,25,27). The van der Waals surface area contributed by atoms with Crippen LogP contribution >= 0.6 is 0 Å². The van der Waals surface area contributed by atoms with Crippen LogP contribution in [-0.2, 0) is 14.8 Å². The Morgan fingerprint density at radius 1 is 1.06 bits per heavy atom. The fourth-order valence-corrected chi connectivity index (χ4v) is 4.31. The van der Waals surface area contributed by atoms with E-state index < -0.39 is 15.8 Å². The molecule has 176 valence electrons. The molecule has 0 spiro atoms. The SMILES string of the molecule is CCOc1ccc(C(C)NC(=O)CCCN(C)S(=O)(=O)c2ccc(F)cc2)cc1OCC. The van der Waals surface area contributed by atoms with Gasteiger partial charge < -0.3 is 14.8 Å². The summed E-state index contributed by atoms with van der Waals surface area (Å²) in [5.74, 6) is 0.595. The zero-order valence-electron chi connectivity index (χ0n) is 18.9. The van der Waals surface area contributed by atoms with Gasteiger partial charge >= 0.3 is 0 Å². The van der Waals surface area contributed by atoms with Crippen LogP contribution < -0.4 is 14.8 Å². The largest absolute Gasteiger partial charge is 0.490 e. The molecule has 0 radical (unpaired) electrons. The van der Waals surface area contributed by atoms with Crippen molar-refractivity contribution >= 4 is 15.9 Å². The van der Waals surface area contributed by atoms with E-state index in [0.29, 0.717) is 31.1 Å². The van der Waals surface area contributed by atoms with Crippen LogP contribution in [-0.4, -0.2) is 45.4 Å². The molecule has 0 fully saturated rings. The summed E-state index contributed by atoms with van der Waals surface area (Å²) >= 11 is 0. The molecule has 1 amide bonds. The van der Waals surface area contributed by atoms with E-state index in [-0.39, 0.29) is 29.8 Å². The number of nitrogens with zero attached hydrogens (tertiary/aromatic N) is 1. The van der Waals surface area contributed by atoms with Crippen molar-refractivity contribution in [3.05, 3.63) is 53.8 Å². The molecule has 1 N–H and O–H groups in total. The molecule has 1 atom stereocenters. The Morgan fingerprint density at radius 2 is 1.69 bits per heavy atom. The van der Waals surface area contributed by atoms with Crippen LogP contribution in [0.3, 0.4) is 0 Å². The van der Waals surface area contributed by atoms with Gasteiger partial charge in [-0.3, -0.25) is 4.79 Å². The monoisotopic (exact) mass is 466 g/mol. The number of halogens is 1. The maximum Gasteiger partial charge on any atom is 0.242 e. The molecular formula is C23H31FN2O5S. The van der Waals surface area contributed by atoms with Gasteiger partial charge in [0.2, 0.25) is 15.9 Å². The third kappa shape index (κ3) is 6.93. The average Bonchev–Trinajstić information content (AvgIpc) is 2.75. The molecule has 0 saturated heterocycles. The fourth-order valence-electron chi connectivity index (χ4n) is 3.10. The van der Waals surface area contributed by atoms with Crippen LogP contribution in [0, 0.1) is 5.82 Å². The molecule has 0 aromatic heterocycles. The van der Waals surface area contributed by atoms with Crippen molar-refractivity contribution in [2.45, 2.75) is 44.6 Å². The highest BCUT2D eigenvalue weighted by molar-refractivity contribution is 7.89. The summed E-state index contributed by atoms with van der Waals surface area (Å²) in [6, 6.07) is 9.95. The smallest absolute Gasteiger partial charge is 0.242 e. The number of hydrogen-bond donors (Lipinski definition) is 1. The van der Waals surface area contributed by atoms with Gasteiger partial charge in [0.05, 0.1) is 24.2 Å². The van der Waals surface area contributed by atoms with Crippen molar-refractivity contribution in [2.75, 3.05) is 26.8 Å². The Labute approximate surface area is 189 Å². The van der Waals surface area contributed by atoms with Crippen LogP contribution in [0.15, 0.2) is 47.4 Å². The van der Waals surface area contributed by atoms with Crippen molar-refractivity contribution in [3.8, 4) is 11.5 Å². The van der Waals surface area contributed by atoms with E-state index in [2.05, 4.69) is 5.32 Å². The summed E-state index contributed by atoms with van der Waals surface area (Å²) in [6.07, 6.45) is 0.520. The van der Waals surface area contributed by atoms with E-state index >= 15 is 0 Å². The molecule has 32 heavy (non-hydrogen) atoms. The van der Waals surface area contributed by atoms with Gasteiger partial charge in [0.15, 0.2) is 11.5 Å². The molecule has 2 rings (SSSR count). The molecule has 2 aromatic rings. The van der Waals surface area contributed by atoms with Gasteiger partial charge in [-0.25, -0.2) is 17.1 Å². The third-order valence-electron chi connectivity index (χ3n) is 4.84. The zero-order valence-corrected chi connectivity index (χ0v) is 19.7. The van der Waals surface area contributed by atoms with Crippen LogP contribution in [0.25, 0.3) is 0 Å². The predicted octanol–water partition coefficient (Wildman–Crippen LogP) is 3.90. The van der Waals surface area contributed by atoms with Crippen molar-refractivity contribution in [3.63, 3.8) is 0 Å². The molecule has 0 saturated carbocycles. The first kappa shape index (κ1) is 25.6. The maximum atomic E-state index is 13.0. The van der Waals surface area contributed by atoms with Gasteiger partial charge in [0.1, 0.15) is 5.82 Å². The van der Waals surface area contributed by atoms with Crippen molar-refractivity contribution in [2.24, 2.45) is 0 Å². The normalized spacial score (nSPS) is 12.4. The number of carbonyl (C=O) groups excluding carboxylic acids is 1. The van der Waals surface area contributed by atoms with Crippen molar-refractivity contribution < 1.29 is 27.1 Å². The Bertz CT molecular complexity index is 996. The molecule has 0 aliphatic rings. The highest BCUT2D eigenvalue weighted by Crippen LogP contribution is 2.30. The molecule has 0 aliphatic carbocycles. The Balaban J connectivity index is 1.89. The Hall–Kier alpha value is -2.65. The van der Waals surface area contributed by atoms with Gasteiger partial charge in [-0.05, 0) is 69.2 Å². The van der Waals surface area contributed by atoms with Gasteiger partial charge in [-0.1, -0.05) is 6.07 Å². The summed E-state index contributed by atoms with van der Waals surface area (Å²) in [5, 5.41) is 2.92. The quantitative estimate of drug-likeness (QED) is 0.513. The molecule has 9 heteroatoms. The van der Waals surface area contributed by atoms with E-state index in [1.165, 1.54) is 19.2 Å². The van der Waals surface area contributed by atoms with Gasteiger partial charge in [-0.2, -0.15) is 0 Å². The number of nitrogens with one attached hydrogen (secondary N) is 1. The Kier molecular flexibility index (Phi) is 9.46. The van der Waals surface area contributed by atoms with Crippen LogP contribution in [0.5, 0.6) is 11.5 Å². The van der Waals surface area contributed by atoms with Gasteiger partial charge in [0, 0.05) is 20.0 Å². The summed E-state index contributed by atoms with van der Waals surface area (Å²) in [5.41, 5.74) is 0.876. The number of ether oxygens (including phenoxy) is 2. The first-order chi connectivity index (χ1) is 15.2. The second-order valence-corrected chi connectivity index (χ2v) is 9.29. The number of benzene rings is 2. The lowest BCUT2D eigenvalue weighted by Gasteiger charge is -2.19. The number of rotatable bonds is 12. The molecule has 2 aromatic carbocycles. The maximum absolute atomic E-state index is 13.0. The number of hydrogen-bond acceptors (Lipinski definition) is 5. The highest BCUT2D eigenvalue weighted by atomic mass is 32.2. The molecule has 1 unspecified atom stereocenters. The zero-order chi connectivity index (χ0) is 23.7. The highest BCUT2D eigenvalue weighted by Gasteiger charge is 2.21. The van der Waals surface area contributed by atoms with Crippen LogP contribution in [0.1, 0.15) is 45.2 Å². The second kappa shape index (κ2) is 11.8. The number of amides is 1. The molecule has 0 aliphatic heterocycles.